The summed E-state index contributed by atoms with van der Waals surface area (Å²) in [6.07, 6.45) is 12.8. The molecule has 0 aliphatic heterocycles. The van der Waals surface area contributed by atoms with Crippen molar-refractivity contribution in [3.05, 3.63) is 72.2 Å². The van der Waals surface area contributed by atoms with E-state index < -0.39 is 0 Å². The van der Waals surface area contributed by atoms with Crippen molar-refractivity contribution in [1.29, 1.82) is 0 Å². The van der Waals surface area contributed by atoms with E-state index in [1.165, 1.54) is 44.1 Å². The molecule has 2 aromatic carbocycles. The van der Waals surface area contributed by atoms with E-state index in [4.69, 9.17) is 0 Å². The second-order valence-corrected chi connectivity index (χ2v) is 8.04. The monoisotopic (exact) mass is 459 g/mol. The second-order valence-electron chi connectivity index (χ2n) is 8.04. The Kier molecular flexibility index (Phi) is 10.4. The van der Waals surface area contributed by atoms with Crippen LogP contribution >= 0.6 is 0 Å². The third kappa shape index (κ3) is 8.57. The van der Waals surface area contributed by atoms with Crippen molar-refractivity contribution < 1.29 is 0 Å². The second kappa shape index (κ2) is 14.3. The molecule has 0 fully saturated rings. The lowest BCUT2D eigenvalue weighted by molar-refractivity contribution is 0.604. The first-order chi connectivity index (χ1) is 16.8. The Balaban J connectivity index is 0.000000145. The summed E-state index contributed by atoms with van der Waals surface area (Å²) < 4.78 is 0. The number of aromatic nitrogens is 9. The number of hydrogen-bond donors (Lipinski definition) is 3. The highest BCUT2D eigenvalue weighted by molar-refractivity contribution is 5.72. The zero-order valence-electron chi connectivity index (χ0n) is 19.9. The van der Waals surface area contributed by atoms with Gasteiger partial charge in [-0.15, -0.1) is 15.3 Å². The Morgan fingerprint density at radius 2 is 1.44 bits per heavy atom. The molecule has 34 heavy (non-hydrogen) atoms. The number of H-pyrrole nitrogens is 3. The van der Waals surface area contributed by atoms with Crippen molar-refractivity contribution in [2.75, 3.05) is 0 Å². The maximum atomic E-state index is 3.94. The van der Waals surface area contributed by atoms with Crippen molar-refractivity contribution in [3.8, 4) is 11.3 Å². The Labute approximate surface area is 199 Å². The van der Waals surface area contributed by atoms with E-state index in [2.05, 4.69) is 72.2 Å². The van der Waals surface area contributed by atoms with Crippen LogP contribution in [0.2, 0.25) is 0 Å². The van der Waals surface area contributed by atoms with E-state index in [0.29, 0.717) is 0 Å². The summed E-state index contributed by atoms with van der Waals surface area (Å²) in [6.45, 7) is 4.31. The molecule has 0 radical (unpaired) electrons. The number of nitrogens with zero attached hydrogens (tertiary/aromatic N) is 6. The van der Waals surface area contributed by atoms with Gasteiger partial charge in [0.2, 0.25) is 0 Å². The van der Waals surface area contributed by atoms with E-state index in [-0.39, 0.29) is 0 Å². The van der Waals surface area contributed by atoms with Gasteiger partial charge in [0, 0.05) is 18.0 Å². The number of benzene rings is 2. The lowest BCUT2D eigenvalue weighted by Gasteiger charge is -1.97. The maximum absolute atomic E-state index is 3.94. The van der Waals surface area contributed by atoms with Gasteiger partial charge in [0.05, 0.1) is 11.2 Å². The average molecular weight is 460 g/mol. The van der Waals surface area contributed by atoms with E-state index in [1.807, 2.05) is 42.6 Å². The molecule has 3 N–H and O–H groups in total. The average Bonchev–Trinajstić information content (AvgIpc) is 3.65. The fourth-order valence-electron chi connectivity index (χ4n) is 3.29. The first kappa shape index (κ1) is 24.8. The summed E-state index contributed by atoms with van der Waals surface area (Å²) in [6, 6.07) is 15.9. The van der Waals surface area contributed by atoms with Crippen molar-refractivity contribution in [1.82, 2.24) is 46.2 Å². The van der Waals surface area contributed by atoms with Crippen LogP contribution in [0, 0.1) is 6.92 Å². The summed E-state index contributed by atoms with van der Waals surface area (Å²) in [5, 5.41) is 30.8. The molecule has 9 heteroatoms. The van der Waals surface area contributed by atoms with E-state index >= 15 is 0 Å². The molecule has 178 valence electrons. The molecule has 3 aromatic heterocycles. The third-order valence-corrected chi connectivity index (χ3v) is 5.25. The number of rotatable bonds is 8. The molecule has 0 atom stereocenters. The van der Waals surface area contributed by atoms with Gasteiger partial charge >= 0.3 is 0 Å². The Morgan fingerprint density at radius 3 is 2.15 bits per heavy atom. The van der Waals surface area contributed by atoms with Crippen LogP contribution in [0.15, 0.2) is 60.9 Å². The summed E-state index contributed by atoms with van der Waals surface area (Å²) in [7, 11) is 0. The van der Waals surface area contributed by atoms with Gasteiger partial charge in [0.25, 0.3) is 0 Å². The van der Waals surface area contributed by atoms with Gasteiger partial charge in [-0.3, -0.25) is 15.3 Å². The molecule has 0 bridgehead atoms. The smallest absolute Gasteiger partial charge is 0.112 e. The summed E-state index contributed by atoms with van der Waals surface area (Å²) in [4.78, 5) is 0. The molecule has 0 aliphatic rings. The van der Waals surface area contributed by atoms with Crippen molar-refractivity contribution in [3.63, 3.8) is 0 Å². The maximum Gasteiger partial charge on any atom is 0.112 e. The topological polar surface area (TPSA) is 125 Å². The highest BCUT2D eigenvalue weighted by Gasteiger charge is 1.98. The van der Waals surface area contributed by atoms with Crippen LogP contribution in [0.3, 0.4) is 0 Å². The van der Waals surface area contributed by atoms with Crippen molar-refractivity contribution >= 4 is 11.0 Å². The minimum absolute atomic E-state index is 0.884. The highest BCUT2D eigenvalue weighted by atomic mass is 15.3. The summed E-state index contributed by atoms with van der Waals surface area (Å²) >= 11 is 0. The molecular formula is C25H33N9. The molecule has 0 saturated carbocycles. The predicted molar refractivity (Wildman–Crippen MR) is 134 cm³/mol. The van der Waals surface area contributed by atoms with Gasteiger partial charge in [0.15, 0.2) is 0 Å². The van der Waals surface area contributed by atoms with Crippen LogP contribution < -0.4 is 0 Å². The van der Waals surface area contributed by atoms with Crippen LogP contribution in [0.1, 0.15) is 56.7 Å². The number of para-hydroxylation sites is 1. The van der Waals surface area contributed by atoms with Gasteiger partial charge in [0.1, 0.15) is 11.2 Å². The van der Waals surface area contributed by atoms with Crippen LogP contribution in [0.25, 0.3) is 22.3 Å². The lowest BCUT2D eigenvalue weighted by Crippen LogP contribution is -1.86. The first-order valence-electron chi connectivity index (χ1n) is 11.8. The van der Waals surface area contributed by atoms with Gasteiger partial charge < -0.3 is 0 Å². The van der Waals surface area contributed by atoms with Crippen molar-refractivity contribution in [2.45, 2.75) is 58.8 Å². The molecule has 0 unspecified atom stereocenters. The zero-order valence-corrected chi connectivity index (χ0v) is 19.9. The summed E-state index contributed by atoms with van der Waals surface area (Å²) in [5.41, 5.74) is 6.22. The number of unbranched alkanes of at least 4 members (excludes halogenated alkanes) is 5. The normalized spacial score (nSPS) is 10.3. The van der Waals surface area contributed by atoms with Crippen LogP contribution in [0.4, 0.5) is 0 Å². The molecule has 3 heterocycles. The Bertz CT molecular complexity index is 1120. The fraction of sp³-hybridized carbons (Fsp3) is 0.360. The number of aryl methyl sites for hydroxylation is 2. The van der Waals surface area contributed by atoms with Crippen LogP contribution in [-0.2, 0) is 6.42 Å². The largest absolute Gasteiger partial charge is 0.265 e. The number of nitrogens with one attached hydrogen (secondary N) is 3. The zero-order chi connectivity index (χ0) is 23.8. The van der Waals surface area contributed by atoms with Crippen LogP contribution in [-0.4, -0.2) is 46.2 Å². The number of hydrogen-bond acceptors (Lipinski definition) is 6. The lowest BCUT2D eigenvalue weighted by atomic mass is 10.1. The molecule has 0 spiro atoms. The van der Waals surface area contributed by atoms with E-state index in [1.54, 1.807) is 6.20 Å². The van der Waals surface area contributed by atoms with Gasteiger partial charge in [-0.25, -0.2) is 0 Å². The molecule has 0 amide bonds. The van der Waals surface area contributed by atoms with E-state index in [0.717, 1.165) is 34.4 Å². The Morgan fingerprint density at radius 1 is 0.706 bits per heavy atom. The molecule has 5 aromatic rings. The quantitative estimate of drug-likeness (QED) is 0.265. The SMILES string of the molecule is CCCCCCCCc1c[nH]nn1.Cc1ccc(-c2c[nH]nn2)cc1.c1ccc2[nH]nnc2c1. The number of aromatic amines is 3. The molecule has 9 nitrogen and oxygen atoms in total. The predicted octanol–water partition coefficient (Wildman–Crippen LogP) is 5.45. The molecule has 0 aliphatic carbocycles. The third-order valence-electron chi connectivity index (χ3n) is 5.25. The standard InChI is InChI=1S/C10H19N3.C9H9N3.C6H5N3/c1-2-3-4-5-6-7-8-10-9-11-13-12-10;1-7-2-4-8(5-3-7)9-6-10-12-11-9;1-2-4-6-5(3-1)7-9-8-6/h9H,2-8H2,1H3,(H,11,12,13);2-6H,1H3,(H,10,11,12);1-4H,(H,7,8,9). The fourth-order valence-corrected chi connectivity index (χ4v) is 3.29. The summed E-state index contributed by atoms with van der Waals surface area (Å²) in [5.74, 6) is 0. The highest BCUT2D eigenvalue weighted by Crippen LogP contribution is 2.15. The Hall–Kier alpha value is -3.88. The van der Waals surface area contributed by atoms with Crippen LogP contribution in [0.5, 0.6) is 0 Å². The minimum Gasteiger partial charge on any atom is -0.265 e. The van der Waals surface area contributed by atoms with E-state index in [9.17, 15) is 0 Å². The number of fused-ring (bicyclic) bond motifs is 1. The molecule has 5 rings (SSSR count). The van der Waals surface area contributed by atoms with Gasteiger partial charge in [-0.1, -0.05) is 96.6 Å². The minimum atomic E-state index is 0.884. The first-order valence-corrected chi connectivity index (χ1v) is 11.8. The van der Waals surface area contributed by atoms with Gasteiger partial charge in [-0.2, -0.15) is 0 Å². The molecular weight excluding hydrogens is 426 g/mol. The van der Waals surface area contributed by atoms with Gasteiger partial charge in [-0.05, 0) is 31.9 Å². The van der Waals surface area contributed by atoms with Crippen molar-refractivity contribution in [2.24, 2.45) is 0 Å². The molecule has 0 saturated heterocycles.